The number of hydrogen-bond acceptors (Lipinski definition) is 5. The monoisotopic (exact) mass is 419 g/mol. The predicted molar refractivity (Wildman–Crippen MR) is 108 cm³/mol. The standard InChI is InChI=1S/C19H22ClN5O2S/c20-15-5-2-6-16(11-15)25-13-21-22-19(25)28-12-17(26)23-7-9-24(10-8-23)18(27)14-3-1-4-14/h2,5-6,11,13-14H,1,3-4,7-10,12H2. The highest BCUT2D eigenvalue weighted by atomic mass is 35.5. The topological polar surface area (TPSA) is 71.3 Å². The lowest BCUT2D eigenvalue weighted by Crippen LogP contribution is -2.53. The van der Waals surface area contributed by atoms with Crippen LogP contribution in [0.25, 0.3) is 5.69 Å². The van der Waals surface area contributed by atoms with Crippen molar-refractivity contribution in [1.29, 1.82) is 0 Å². The van der Waals surface area contributed by atoms with E-state index >= 15 is 0 Å². The van der Waals surface area contributed by atoms with Gasteiger partial charge in [-0.2, -0.15) is 0 Å². The van der Waals surface area contributed by atoms with Crippen molar-refractivity contribution in [1.82, 2.24) is 24.6 Å². The smallest absolute Gasteiger partial charge is 0.233 e. The molecule has 7 nitrogen and oxygen atoms in total. The zero-order valence-corrected chi connectivity index (χ0v) is 17.0. The quantitative estimate of drug-likeness (QED) is 0.696. The Balaban J connectivity index is 1.30. The van der Waals surface area contributed by atoms with E-state index in [1.807, 2.05) is 32.6 Å². The minimum Gasteiger partial charge on any atom is -0.339 e. The van der Waals surface area contributed by atoms with Gasteiger partial charge in [0.25, 0.3) is 0 Å². The molecule has 2 amide bonds. The molecule has 1 aromatic heterocycles. The molecule has 1 saturated heterocycles. The largest absolute Gasteiger partial charge is 0.339 e. The molecule has 1 aliphatic heterocycles. The van der Waals surface area contributed by atoms with Crippen molar-refractivity contribution >= 4 is 35.2 Å². The fourth-order valence-corrected chi connectivity index (χ4v) is 4.45. The van der Waals surface area contributed by atoms with Crippen LogP contribution >= 0.6 is 23.4 Å². The van der Waals surface area contributed by atoms with Crippen LogP contribution in [0.5, 0.6) is 0 Å². The van der Waals surface area contributed by atoms with E-state index in [9.17, 15) is 9.59 Å². The molecule has 9 heteroatoms. The van der Waals surface area contributed by atoms with Crippen LogP contribution in [0.4, 0.5) is 0 Å². The molecule has 0 radical (unpaired) electrons. The first kappa shape index (κ1) is 19.3. The number of nitrogens with zero attached hydrogens (tertiary/aromatic N) is 5. The van der Waals surface area contributed by atoms with E-state index in [1.54, 1.807) is 12.4 Å². The molecule has 0 spiro atoms. The van der Waals surface area contributed by atoms with E-state index in [0.29, 0.717) is 36.4 Å². The van der Waals surface area contributed by atoms with Gasteiger partial charge in [-0.3, -0.25) is 14.2 Å². The summed E-state index contributed by atoms with van der Waals surface area (Å²) in [5, 5.41) is 9.36. The Bertz CT molecular complexity index is 862. The van der Waals surface area contributed by atoms with Gasteiger partial charge in [0.2, 0.25) is 11.8 Å². The molecular weight excluding hydrogens is 398 g/mol. The van der Waals surface area contributed by atoms with Gasteiger partial charge in [-0.1, -0.05) is 35.9 Å². The van der Waals surface area contributed by atoms with Gasteiger partial charge in [-0.05, 0) is 31.0 Å². The molecule has 28 heavy (non-hydrogen) atoms. The molecule has 1 aromatic carbocycles. The number of carbonyl (C=O) groups is 2. The van der Waals surface area contributed by atoms with Crippen LogP contribution < -0.4 is 0 Å². The third-order valence-corrected chi connectivity index (χ3v) is 6.49. The number of rotatable bonds is 5. The lowest BCUT2D eigenvalue weighted by Gasteiger charge is -2.38. The third-order valence-electron chi connectivity index (χ3n) is 5.33. The summed E-state index contributed by atoms with van der Waals surface area (Å²) in [4.78, 5) is 28.7. The Morgan fingerprint density at radius 1 is 1.14 bits per heavy atom. The van der Waals surface area contributed by atoms with E-state index in [1.165, 1.54) is 11.8 Å². The molecule has 2 aliphatic rings. The Hall–Kier alpha value is -2.06. The van der Waals surface area contributed by atoms with Gasteiger partial charge in [0.15, 0.2) is 5.16 Å². The maximum Gasteiger partial charge on any atom is 0.233 e. The molecule has 1 aliphatic carbocycles. The molecule has 1 saturated carbocycles. The molecule has 0 unspecified atom stereocenters. The zero-order chi connectivity index (χ0) is 19.5. The van der Waals surface area contributed by atoms with Crippen LogP contribution in [0, 0.1) is 5.92 Å². The number of benzene rings is 1. The number of piperazine rings is 1. The second-order valence-corrected chi connectivity index (χ2v) is 8.46. The molecule has 2 aromatic rings. The lowest BCUT2D eigenvalue weighted by molar-refractivity contribution is -0.143. The summed E-state index contributed by atoms with van der Waals surface area (Å²) in [6, 6.07) is 7.41. The SMILES string of the molecule is O=C(CSc1nncn1-c1cccc(Cl)c1)N1CCN(C(=O)C2CCC2)CC1. The van der Waals surface area contributed by atoms with Gasteiger partial charge in [0, 0.05) is 37.1 Å². The number of hydrogen-bond donors (Lipinski definition) is 0. The maximum absolute atomic E-state index is 12.6. The van der Waals surface area contributed by atoms with Gasteiger partial charge in [0.05, 0.1) is 11.4 Å². The Kier molecular flexibility index (Phi) is 5.87. The fraction of sp³-hybridized carbons (Fsp3) is 0.474. The fourth-order valence-electron chi connectivity index (χ4n) is 3.43. The van der Waals surface area contributed by atoms with Crippen LogP contribution in [0.3, 0.4) is 0 Å². The van der Waals surface area contributed by atoms with Gasteiger partial charge in [0.1, 0.15) is 6.33 Å². The minimum absolute atomic E-state index is 0.0568. The Morgan fingerprint density at radius 2 is 1.89 bits per heavy atom. The van der Waals surface area contributed by atoms with Gasteiger partial charge >= 0.3 is 0 Å². The van der Waals surface area contributed by atoms with E-state index in [2.05, 4.69) is 10.2 Å². The normalized spacial score (nSPS) is 17.5. The summed E-state index contributed by atoms with van der Waals surface area (Å²) in [7, 11) is 0. The van der Waals surface area contributed by atoms with Crippen molar-refractivity contribution < 1.29 is 9.59 Å². The molecule has 148 valence electrons. The van der Waals surface area contributed by atoms with Crippen LogP contribution in [-0.2, 0) is 9.59 Å². The number of carbonyl (C=O) groups excluding carboxylic acids is 2. The number of aromatic nitrogens is 3. The van der Waals surface area contributed by atoms with Crippen molar-refractivity contribution in [2.45, 2.75) is 24.4 Å². The maximum atomic E-state index is 12.6. The van der Waals surface area contributed by atoms with E-state index in [0.717, 1.165) is 24.9 Å². The van der Waals surface area contributed by atoms with Gasteiger partial charge in [-0.15, -0.1) is 10.2 Å². The molecular formula is C19H22ClN5O2S. The summed E-state index contributed by atoms with van der Waals surface area (Å²) in [6.07, 6.45) is 4.80. The van der Waals surface area contributed by atoms with Crippen molar-refractivity contribution in [2.75, 3.05) is 31.9 Å². The molecule has 2 fully saturated rings. The average Bonchev–Trinajstić information content (AvgIpc) is 3.13. The van der Waals surface area contributed by atoms with Crippen LogP contribution in [0.1, 0.15) is 19.3 Å². The highest BCUT2D eigenvalue weighted by molar-refractivity contribution is 7.99. The first-order valence-corrected chi connectivity index (χ1v) is 10.8. The van der Waals surface area contributed by atoms with E-state index in [-0.39, 0.29) is 23.5 Å². The van der Waals surface area contributed by atoms with Gasteiger partial charge < -0.3 is 9.80 Å². The Labute approximate surface area is 173 Å². The predicted octanol–water partition coefficient (Wildman–Crippen LogP) is 2.48. The number of thioether (sulfide) groups is 1. The first-order chi connectivity index (χ1) is 13.6. The molecule has 4 rings (SSSR count). The second-order valence-electron chi connectivity index (χ2n) is 7.09. The summed E-state index contributed by atoms with van der Waals surface area (Å²) in [6.45, 7) is 2.45. The van der Waals surface area contributed by atoms with E-state index < -0.39 is 0 Å². The third kappa shape index (κ3) is 4.17. The van der Waals surface area contributed by atoms with Crippen LogP contribution in [0.15, 0.2) is 35.7 Å². The summed E-state index contributed by atoms with van der Waals surface area (Å²) < 4.78 is 1.82. The van der Waals surface area contributed by atoms with Crippen molar-refractivity contribution in [3.05, 3.63) is 35.6 Å². The minimum atomic E-state index is 0.0568. The zero-order valence-electron chi connectivity index (χ0n) is 15.5. The summed E-state index contributed by atoms with van der Waals surface area (Å²) >= 11 is 7.42. The Morgan fingerprint density at radius 3 is 2.57 bits per heavy atom. The highest BCUT2D eigenvalue weighted by Crippen LogP contribution is 2.28. The van der Waals surface area contributed by atoms with Crippen molar-refractivity contribution in [3.63, 3.8) is 0 Å². The van der Waals surface area contributed by atoms with Crippen molar-refractivity contribution in [2.24, 2.45) is 5.92 Å². The summed E-state index contributed by atoms with van der Waals surface area (Å²) in [5.74, 6) is 0.829. The lowest BCUT2D eigenvalue weighted by atomic mass is 9.84. The van der Waals surface area contributed by atoms with Crippen molar-refractivity contribution in [3.8, 4) is 5.69 Å². The van der Waals surface area contributed by atoms with E-state index in [4.69, 9.17) is 11.6 Å². The second kappa shape index (κ2) is 8.53. The highest BCUT2D eigenvalue weighted by Gasteiger charge is 2.32. The van der Waals surface area contributed by atoms with Gasteiger partial charge in [-0.25, -0.2) is 0 Å². The molecule has 0 bridgehead atoms. The van der Waals surface area contributed by atoms with Crippen LogP contribution in [0.2, 0.25) is 5.02 Å². The molecule has 0 N–H and O–H groups in total. The van der Waals surface area contributed by atoms with Crippen LogP contribution in [-0.4, -0.2) is 68.3 Å². The number of amides is 2. The summed E-state index contributed by atoms with van der Waals surface area (Å²) in [5.41, 5.74) is 0.857. The molecule has 0 atom stereocenters. The molecule has 2 heterocycles. The first-order valence-electron chi connectivity index (χ1n) is 9.47. The number of halogens is 1. The average molecular weight is 420 g/mol.